The van der Waals surface area contributed by atoms with Crippen molar-refractivity contribution < 1.29 is 24.5 Å². The SMILES string of the molecule is NC(=O)c1ccccc1C(=[NH2+])Cc1ccc(F)c(C(O)N2CCN(C(=O)CN3CCN(CC4CCNCC4)CC3)CC2)c1. The average molecular weight is 595 g/mol. The fourth-order valence-electron chi connectivity index (χ4n) is 6.46. The van der Waals surface area contributed by atoms with Crippen LogP contribution in [0.4, 0.5) is 4.39 Å². The number of benzene rings is 2. The van der Waals surface area contributed by atoms with E-state index in [1.807, 2.05) is 4.90 Å². The quantitative estimate of drug-likeness (QED) is 0.272. The van der Waals surface area contributed by atoms with E-state index in [0.717, 1.165) is 51.7 Å². The van der Waals surface area contributed by atoms with Gasteiger partial charge >= 0.3 is 0 Å². The predicted molar refractivity (Wildman–Crippen MR) is 163 cm³/mol. The number of piperidine rings is 1. The molecule has 3 saturated heterocycles. The molecule has 3 heterocycles. The van der Waals surface area contributed by atoms with Crippen LogP contribution in [0.5, 0.6) is 0 Å². The number of nitrogens with zero attached hydrogens (tertiary/aromatic N) is 4. The minimum absolute atomic E-state index is 0.108. The van der Waals surface area contributed by atoms with Crippen molar-refractivity contribution in [3.63, 3.8) is 0 Å². The highest BCUT2D eigenvalue weighted by Crippen LogP contribution is 2.25. The van der Waals surface area contributed by atoms with Crippen LogP contribution in [0.25, 0.3) is 0 Å². The van der Waals surface area contributed by atoms with Gasteiger partial charge in [-0.05, 0) is 61.7 Å². The first-order chi connectivity index (χ1) is 20.8. The molecular weight excluding hydrogens is 549 g/mol. The van der Waals surface area contributed by atoms with Gasteiger partial charge in [-0.3, -0.25) is 24.8 Å². The molecule has 3 aliphatic heterocycles. The number of nitrogens with two attached hydrogens (primary N) is 2. The Morgan fingerprint density at radius 1 is 0.953 bits per heavy atom. The molecule has 1 atom stereocenters. The van der Waals surface area contributed by atoms with E-state index >= 15 is 0 Å². The highest BCUT2D eigenvalue weighted by molar-refractivity contribution is 6.08. The monoisotopic (exact) mass is 594 g/mol. The van der Waals surface area contributed by atoms with Crippen molar-refractivity contribution in [2.24, 2.45) is 11.7 Å². The lowest BCUT2D eigenvalue weighted by molar-refractivity contribution is -0.136. The van der Waals surface area contributed by atoms with Crippen molar-refractivity contribution >= 4 is 17.5 Å². The number of aliphatic hydroxyl groups is 1. The van der Waals surface area contributed by atoms with E-state index in [1.54, 1.807) is 41.3 Å². The third-order valence-corrected chi connectivity index (χ3v) is 9.08. The zero-order valence-corrected chi connectivity index (χ0v) is 24.9. The van der Waals surface area contributed by atoms with Gasteiger partial charge in [0.1, 0.15) is 12.0 Å². The third kappa shape index (κ3) is 8.04. The topological polar surface area (TPSA) is 131 Å². The molecule has 1 unspecified atom stereocenters. The fourth-order valence-corrected chi connectivity index (χ4v) is 6.46. The van der Waals surface area contributed by atoms with E-state index < -0.39 is 18.0 Å². The number of aliphatic hydroxyl groups excluding tert-OH is 1. The Morgan fingerprint density at radius 2 is 1.60 bits per heavy atom. The van der Waals surface area contributed by atoms with Crippen LogP contribution in [0.15, 0.2) is 42.5 Å². The number of nitrogens with one attached hydrogen (secondary N) is 1. The van der Waals surface area contributed by atoms with Crippen LogP contribution >= 0.6 is 0 Å². The molecular formula is C32H45FN7O3+. The van der Waals surface area contributed by atoms with Gasteiger partial charge in [0, 0.05) is 64.5 Å². The van der Waals surface area contributed by atoms with E-state index in [1.165, 1.54) is 18.9 Å². The van der Waals surface area contributed by atoms with Gasteiger partial charge in [0.2, 0.25) is 11.8 Å². The van der Waals surface area contributed by atoms with E-state index in [2.05, 4.69) is 15.1 Å². The normalized spacial score (nSPS) is 20.2. The molecule has 232 valence electrons. The second-order valence-corrected chi connectivity index (χ2v) is 12.0. The summed E-state index contributed by atoms with van der Waals surface area (Å²) in [5.41, 5.74) is 7.66. The number of amides is 2. The van der Waals surface area contributed by atoms with Crippen LogP contribution in [-0.2, 0) is 11.2 Å². The summed E-state index contributed by atoms with van der Waals surface area (Å²) in [6, 6.07) is 11.4. The number of carbonyl (C=O) groups excluding carboxylic acids is 2. The zero-order chi connectivity index (χ0) is 30.3. The van der Waals surface area contributed by atoms with Crippen LogP contribution in [0.3, 0.4) is 0 Å². The fraction of sp³-hybridized carbons (Fsp3) is 0.531. The predicted octanol–water partition coefficient (Wildman–Crippen LogP) is -0.532. The van der Waals surface area contributed by atoms with Gasteiger partial charge in [-0.2, -0.15) is 0 Å². The summed E-state index contributed by atoms with van der Waals surface area (Å²) in [5, 5.41) is 20.9. The van der Waals surface area contributed by atoms with Crippen LogP contribution in [0.1, 0.15) is 46.1 Å². The molecule has 10 nitrogen and oxygen atoms in total. The molecule has 43 heavy (non-hydrogen) atoms. The highest BCUT2D eigenvalue weighted by atomic mass is 19.1. The lowest BCUT2D eigenvalue weighted by atomic mass is 9.96. The molecule has 0 aromatic heterocycles. The summed E-state index contributed by atoms with van der Waals surface area (Å²) in [6.45, 7) is 9.48. The first-order valence-corrected chi connectivity index (χ1v) is 15.4. The molecule has 11 heteroatoms. The Morgan fingerprint density at radius 3 is 2.28 bits per heavy atom. The van der Waals surface area contributed by atoms with Gasteiger partial charge in [-0.25, -0.2) is 4.39 Å². The van der Waals surface area contributed by atoms with Crippen molar-refractivity contribution in [2.75, 3.05) is 78.5 Å². The molecule has 3 aliphatic rings. The summed E-state index contributed by atoms with van der Waals surface area (Å²) in [7, 11) is 0. The smallest absolute Gasteiger partial charge is 0.249 e. The van der Waals surface area contributed by atoms with Gasteiger partial charge in [0.25, 0.3) is 0 Å². The lowest BCUT2D eigenvalue weighted by Gasteiger charge is -2.40. The number of primary amides is 1. The molecule has 3 fully saturated rings. The Balaban J connectivity index is 1.10. The first-order valence-electron chi connectivity index (χ1n) is 15.4. The number of rotatable bonds is 10. The molecule has 2 amide bonds. The van der Waals surface area contributed by atoms with Crippen LogP contribution < -0.4 is 16.5 Å². The van der Waals surface area contributed by atoms with Gasteiger partial charge in [-0.15, -0.1) is 0 Å². The van der Waals surface area contributed by atoms with E-state index in [0.29, 0.717) is 55.1 Å². The van der Waals surface area contributed by atoms with Gasteiger partial charge < -0.3 is 26.0 Å². The van der Waals surface area contributed by atoms with Crippen LogP contribution in [0.2, 0.25) is 0 Å². The molecule has 0 radical (unpaired) electrons. The summed E-state index contributed by atoms with van der Waals surface area (Å²) in [4.78, 5) is 33.3. The van der Waals surface area contributed by atoms with Crippen molar-refractivity contribution in [3.8, 4) is 0 Å². The number of hydrogen-bond donors (Lipinski definition) is 4. The maximum absolute atomic E-state index is 14.9. The zero-order valence-electron chi connectivity index (χ0n) is 24.9. The maximum atomic E-state index is 14.9. The van der Waals surface area contributed by atoms with Gasteiger partial charge in [-0.1, -0.05) is 18.2 Å². The Kier molecular flexibility index (Phi) is 10.5. The molecule has 2 aromatic carbocycles. The largest absolute Gasteiger partial charge is 0.374 e. The lowest BCUT2D eigenvalue weighted by Crippen LogP contribution is -2.54. The highest BCUT2D eigenvalue weighted by Gasteiger charge is 2.29. The molecule has 0 saturated carbocycles. The number of halogens is 1. The van der Waals surface area contributed by atoms with E-state index in [4.69, 9.17) is 11.1 Å². The van der Waals surface area contributed by atoms with E-state index in [9.17, 15) is 19.1 Å². The van der Waals surface area contributed by atoms with Crippen molar-refractivity contribution in [1.82, 2.24) is 24.9 Å². The summed E-state index contributed by atoms with van der Waals surface area (Å²) in [6.07, 6.45) is 1.61. The molecule has 0 bridgehead atoms. The number of hydrogen-bond acceptors (Lipinski definition) is 7. The van der Waals surface area contributed by atoms with Crippen LogP contribution in [-0.4, -0.2) is 121 Å². The molecule has 5 rings (SSSR count). The number of piperazine rings is 2. The molecule has 0 spiro atoms. The summed E-state index contributed by atoms with van der Waals surface area (Å²) in [5.74, 6) is -0.197. The number of carbonyl (C=O) groups is 2. The van der Waals surface area contributed by atoms with Crippen LogP contribution in [0, 0.1) is 11.7 Å². The van der Waals surface area contributed by atoms with Crippen molar-refractivity contribution in [3.05, 3.63) is 70.5 Å². The maximum Gasteiger partial charge on any atom is 0.249 e. The second-order valence-electron chi connectivity index (χ2n) is 12.0. The Hall–Kier alpha value is -3.22. The summed E-state index contributed by atoms with van der Waals surface area (Å²) >= 11 is 0. The molecule has 6 N–H and O–H groups in total. The second kappa shape index (κ2) is 14.5. The van der Waals surface area contributed by atoms with Gasteiger partial charge in [0.05, 0.1) is 24.1 Å². The molecule has 0 aliphatic carbocycles. The molecule has 2 aromatic rings. The Bertz CT molecular complexity index is 1290. The van der Waals surface area contributed by atoms with Crippen molar-refractivity contribution in [2.45, 2.75) is 25.5 Å². The van der Waals surface area contributed by atoms with E-state index in [-0.39, 0.29) is 17.9 Å². The minimum atomic E-state index is -1.15. The van der Waals surface area contributed by atoms with Crippen molar-refractivity contribution in [1.29, 1.82) is 0 Å². The van der Waals surface area contributed by atoms with Gasteiger partial charge in [0.15, 0.2) is 5.71 Å². The first kappa shape index (κ1) is 31.2. The minimum Gasteiger partial charge on any atom is -0.374 e. The third-order valence-electron chi connectivity index (χ3n) is 9.08. The summed E-state index contributed by atoms with van der Waals surface area (Å²) < 4.78 is 14.9. The average Bonchev–Trinajstić information content (AvgIpc) is 3.03. The Labute approximate surface area is 253 Å². The standard InChI is InChI=1S/C32H44FN7O3/c33-28-6-5-24(20-29(34)25-3-1-2-4-26(25)31(35)42)19-27(28)32(43)40-17-15-39(16-18-40)30(41)22-38-13-11-37(12-14-38)21-23-7-9-36-10-8-23/h1-6,19,23,32,34,36,43H,7-18,20-22H2,(H2,35,42)/p+1.